The number of hydrogen-bond acceptors (Lipinski definition) is 0. The van der Waals surface area contributed by atoms with Gasteiger partial charge in [-0.15, -0.1) is 0 Å². The van der Waals surface area contributed by atoms with E-state index in [4.69, 9.17) is 0 Å². The van der Waals surface area contributed by atoms with Crippen molar-refractivity contribution in [2.24, 2.45) is 0 Å². The van der Waals surface area contributed by atoms with Crippen LogP contribution >= 0.6 is 0 Å². The first-order valence-corrected chi connectivity index (χ1v) is 5.33. The van der Waals surface area contributed by atoms with Gasteiger partial charge in [0, 0.05) is 0 Å². The van der Waals surface area contributed by atoms with Crippen molar-refractivity contribution < 1.29 is 65.9 Å². The number of allylic oxidation sites excluding steroid dienone is 4. The molecule has 0 spiro atoms. The second kappa shape index (κ2) is 8.69. The summed E-state index contributed by atoms with van der Waals surface area (Å²) >= 11 is 0. The Morgan fingerprint density at radius 3 is 1.20 bits per heavy atom. The highest BCUT2D eigenvalue weighted by Crippen LogP contribution is 2.34. The Labute approximate surface area is 128 Å². The minimum atomic E-state index is -5.71. The summed E-state index contributed by atoms with van der Waals surface area (Å²) < 4.78 is 170. The number of rotatable bonds is 2. The first-order valence-electron chi connectivity index (χ1n) is 5.33. The minimum Gasteiger partial charge on any atom is -0.211 e. The number of alkyl halides is 12. The van der Waals surface area contributed by atoms with E-state index in [0.29, 0.717) is 0 Å². The van der Waals surface area contributed by atoms with E-state index in [1.165, 1.54) is 0 Å². The van der Waals surface area contributed by atoms with Crippen molar-refractivity contribution in [1.29, 1.82) is 0 Å². The van der Waals surface area contributed by atoms with Crippen LogP contribution in [0, 0.1) is 0 Å². The monoisotopic (exact) mass is 410 g/mol. The Balaban J connectivity index is 0. The summed E-state index contributed by atoms with van der Waals surface area (Å²) in [7, 11) is 0. The van der Waals surface area contributed by atoms with Crippen molar-refractivity contribution in [3.05, 3.63) is 23.6 Å². The summed E-state index contributed by atoms with van der Waals surface area (Å²) in [6, 6.07) is 0. The molecule has 0 amide bonds. The quantitative estimate of drug-likeness (QED) is 0.430. The Morgan fingerprint density at radius 2 is 0.960 bits per heavy atom. The van der Waals surface area contributed by atoms with Gasteiger partial charge in [-0.1, -0.05) is 0 Å². The van der Waals surface area contributed by atoms with E-state index >= 15 is 0 Å². The highest BCUT2D eigenvalue weighted by atomic mass is 19.4. The molecular formula is C10H5F15. The van der Waals surface area contributed by atoms with E-state index in [1.54, 1.807) is 0 Å². The molecule has 0 fully saturated rings. The Kier molecular flexibility index (Phi) is 8.92. The molecule has 25 heavy (non-hydrogen) atoms. The van der Waals surface area contributed by atoms with Gasteiger partial charge in [-0.2, -0.15) is 57.1 Å². The highest BCUT2D eigenvalue weighted by molar-refractivity contribution is 5.06. The van der Waals surface area contributed by atoms with E-state index < -0.39 is 61.1 Å². The van der Waals surface area contributed by atoms with Gasteiger partial charge in [-0.3, -0.25) is 0 Å². The molecule has 0 saturated heterocycles. The van der Waals surface area contributed by atoms with Crippen molar-refractivity contribution in [3.63, 3.8) is 0 Å². The molecule has 0 aromatic heterocycles. The van der Waals surface area contributed by atoms with Crippen LogP contribution in [0.4, 0.5) is 65.9 Å². The standard InChI is InChI=1S/C5H2F8.C5H3F7/c6-2(1-4(8,9)10)3(7)5(11,12)13;6-3(1-4(7,8)9)2-5(10,11)12/h1H2;1H,2H2/b3-2+;. The maximum absolute atomic E-state index is 11.9. The van der Waals surface area contributed by atoms with Crippen LogP contribution in [0.15, 0.2) is 23.6 Å². The molecule has 0 saturated carbocycles. The average Bonchev–Trinajstić information content (AvgIpc) is 2.19. The van der Waals surface area contributed by atoms with Crippen LogP contribution < -0.4 is 0 Å². The molecule has 0 aliphatic carbocycles. The number of hydrogen-bond donors (Lipinski definition) is 0. The third-order valence-corrected chi connectivity index (χ3v) is 1.53. The van der Waals surface area contributed by atoms with Gasteiger partial charge in [-0.25, -0.2) is 8.78 Å². The van der Waals surface area contributed by atoms with Gasteiger partial charge in [-0.05, 0) is 0 Å². The summed E-state index contributed by atoms with van der Waals surface area (Å²) in [5, 5.41) is 0. The molecule has 15 heteroatoms. The van der Waals surface area contributed by atoms with Crippen molar-refractivity contribution >= 4 is 0 Å². The van der Waals surface area contributed by atoms with E-state index in [-0.39, 0.29) is 0 Å². The van der Waals surface area contributed by atoms with Crippen LogP contribution in [0.25, 0.3) is 0 Å². The lowest BCUT2D eigenvalue weighted by Crippen LogP contribution is -2.13. The summed E-state index contributed by atoms with van der Waals surface area (Å²) in [4.78, 5) is 0. The second-order valence-corrected chi connectivity index (χ2v) is 3.93. The van der Waals surface area contributed by atoms with Gasteiger partial charge in [0.25, 0.3) is 0 Å². The maximum atomic E-state index is 11.9. The molecule has 0 atom stereocenters. The zero-order valence-electron chi connectivity index (χ0n) is 11.2. The van der Waals surface area contributed by atoms with Crippen LogP contribution in [0.3, 0.4) is 0 Å². The molecule has 0 aromatic rings. The average molecular weight is 410 g/mol. The molecule has 0 aromatic carbocycles. The van der Waals surface area contributed by atoms with Crippen LogP contribution in [-0.4, -0.2) is 24.7 Å². The SMILES string of the molecule is F/C(CC(F)(F)F)=C(/F)C(F)(F)F.FC(=CC(F)(F)F)CC(F)(F)F. The lowest BCUT2D eigenvalue weighted by Gasteiger charge is -2.07. The molecule has 0 aliphatic rings. The van der Waals surface area contributed by atoms with E-state index in [1.807, 2.05) is 0 Å². The number of halogens is 15. The summed E-state index contributed by atoms with van der Waals surface area (Å²) in [6.07, 6.45) is -26.7. The predicted octanol–water partition coefficient (Wildman–Crippen LogP) is 7.01. The first kappa shape index (κ1) is 25.7. The summed E-state index contributed by atoms with van der Waals surface area (Å²) in [5.41, 5.74) is 0. The third-order valence-electron chi connectivity index (χ3n) is 1.53. The molecule has 0 nitrogen and oxygen atoms in total. The molecule has 150 valence electrons. The summed E-state index contributed by atoms with van der Waals surface area (Å²) in [6.45, 7) is 0. The maximum Gasteiger partial charge on any atom is 0.445 e. The lowest BCUT2D eigenvalue weighted by atomic mass is 10.3. The van der Waals surface area contributed by atoms with Crippen LogP contribution in [0.5, 0.6) is 0 Å². The van der Waals surface area contributed by atoms with Crippen molar-refractivity contribution in [3.8, 4) is 0 Å². The molecule has 0 heterocycles. The third kappa shape index (κ3) is 17.1. The highest BCUT2D eigenvalue weighted by Gasteiger charge is 2.41. The second-order valence-electron chi connectivity index (χ2n) is 3.93. The smallest absolute Gasteiger partial charge is 0.211 e. The van der Waals surface area contributed by atoms with E-state index in [0.717, 1.165) is 0 Å². The molecule has 0 rings (SSSR count). The van der Waals surface area contributed by atoms with Gasteiger partial charge in [0.15, 0.2) is 0 Å². The van der Waals surface area contributed by atoms with E-state index in [9.17, 15) is 65.9 Å². The topological polar surface area (TPSA) is 0 Å². The van der Waals surface area contributed by atoms with Crippen LogP contribution in [-0.2, 0) is 0 Å². The molecular weight excluding hydrogens is 405 g/mol. The van der Waals surface area contributed by atoms with Gasteiger partial charge in [0.1, 0.15) is 11.7 Å². The van der Waals surface area contributed by atoms with E-state index in [2.05, 4.69) is 0 Å². The van der Waals surface area contributed by atoms with Gasteiger partial charge >= 0.3 is 24.7 Å². The van der Waals surface area contributed by atoms with Crippen molar-refractivity contribution in [2.45, 2.75) is 37.5 Å². The van der Waals surface area contributed by atoms with Gasteiger partial charge in [0.2, 0.25) is 5.83 Å². The van der Waals surface area contributed by atoms with Gasteiger partial charge < -0.3 is 0 Å². The molecule has 0 N–H and O–H groups in total. The normalized spacial score (nSPS) is 15.4. The Bertz CT molecular complexity index is 467. The van der Waals surface area contributed by atoms with Gasteiger partial charge in [0.05, 0.1) is 18.9 Å². The minimum absolute atomic E-state index is 1.01. The fourth-order valence-electron chi connectivity index (χ4n) is 0.827. The Hall–Kier alpha value is -1.57. The Morgan fingerprint density at radius 1 is 0.600 bits per heavy atom. The van der Waals surface area contributed by atoms with Crippen LogP contribution in [0.1, 0.15) is 12.8 Å². The predicted molar refractivity (Wildman–Crippen MR) is 51.9 cm³/mol. The van der Waals surface area contributed by atoms with Crippen LogP contribution in [0.2, 0.25) is 0 Å². The first-order chi connectivity index (χ1) is 10.6. The molecule has 0 radical (unpaired) electrons. The van der Waals surface area contributed by atoms with Crippen molar-refractivity contribution in [2.75, 3.05) is 0 Å². The molecule has 0 bridgehead atoms. The fraction of sp³-hybridized carbons (Fsp3) is 0.600. The molecule has 0 aliphatic heterocycles. The van der Waals surface area contributed by atoms with Crippen molar-refractivity contribution in [1.82, 2.24) is 0 Å². The fourth-order valence-corrected chi connectivity index (χ4v) is 0.827. The zero-order valence-corrected chi connectivity index (χ0v) is 11.2. The zero-order chi connectivity index (χ0) is 20.9. The summed E-state index contributed by atoms with van der Waals surface area (Å²) in [5.74, 6) is -8.44. The lowest BCUT2D eigenvalue weighted by molar-refractivity contribution is -0.136. The molecule has 0 unspecified atom stereocenters. The largest absolute Gasteiger partial charge is 0.445 e.